The molecule has 1 aromatic rings. The van der Waals surface area contributed by atoms with Gasteiger partial charge in [0.2, 0.25) is 0 Å². The molecule has 1 saturated heterocycles. The fraction of sp³-hybridized carbons (Fsp3) is 0.474. The van der Waals surface area contributed by atoms with Crippen molar-refractivity contribution in [1.29, 1.82) is 0 Å². The smallest absolute Gasteiger partial charge is 0.266 e. The Morgan fingerprint density at radius 2 is 1.92 bits per heavy atom. The molecule has 1 aliphatic carbocycles. The lowest BCUT2D eigenvalue weighted by Crippen LogP contribution is -2.30. The zero-order valence-electron chi connectivity index (χ0n) is 14.9. The topological polar surface area (TPSA) is 38.8 Å². The summed E-state index contributed by atoms with van der Waals surface area (Å²) in [5, 5.41) is 0.499. The number of thioether (sulfide) groups is 1. The zero-order valence-corrected chi connectivity index (χ0v) is 17.3. The number of carbonyl (C=O) groups excluding carboxylic acids is 1. The van der Waals surface area contributed by atoms with Gasteiger partial charge in [-0.05, 0) is 30.0 Å². The maximum atomic E-state index is 12.8. The first kappa shape index (κ1) is 19.5. The number of halogens is 1. The van der Waals surface area contributed by atoms with E-state index in [0.717, 1.165) is 12.3 Å². The van der Waals surface area contributed by atoms with Crippen molar-refractivity contribution in [3.8, 4) is 11.5 Å². The van der Waals surface area contributed by atoms with Gasteiger partial charge in [0.25, 0.3) is 5.91 Å². The first-order valence-corrected chi connectivity index (χ1v) is 10.3. The Morgan fingerprint density at radius 1 is 1.27 bits per heavy atom. The lowest BCUT2D eigenvalue weighted by Gasteiger charge is -2.17. The van der Waals surface area contributed by atoms with Gasteiger partial charge in [-0.3, -0.25) is 9.69 Å². The highest BCUT2D eigenvalue weighted by molar-refractivity contribution is 8.26. The molecule has 140 valence electrons. The lowest BCUT2D eigenvalue weighted by atomic mass is 10.0. The van der Waals surface area contributed by atoms with Gasteiger partial charge in [0.15, 0.2) is 11.5 Å². The maximum absolute atomic E-state index is 12.8. The second-order valence-electron chi connectivity index (χ2n) is 6.50. The number of methoxy groups -OCH3 is 2. The van der Waals surface area contributed by atoms with Crippen LogP contribution in [-0.4, -0.2) is 35.9 Å². The molecule has 1 saturated carbocycles. The van der Waals surface area contributed by atoms with E-state index in [2.05, 4.69) is 0 Å². The van der Waals surface area contributed by atoms with E-state index < -0.39 is 0 Å². The second kappa shape index (κ2) is 8.63. The molecule has 2 aliphatic rings. The molecule has 0 N–H and O–H groups in total. The molecule has 0 bridgehead atoms. The summed E-state index contributed by atoms with van der Waals surface area (Å²) in [5.41, 5.74) is 0.709. The highest BCUT2D eigenvalue weighted by atomic mass is 35.5. The Bertz CT molecular complexity index is 745. The van der Waals surface area contributed by atoms with Gasteiger partial charge in [0.05, 0.1) is 24.1 Å². The SMILES string of the molecule is COc1cc(Cl)c(C=C2SC(=S)N(CCC3CCCC3)C2=O)cc1OC. The van der Waals surface area contributed by atoms with Gasteiger partial charge in [-0.25, -0.2) is 0 Å². The van der Waals surface area contributed by atoms with Crippen molar-refractivity contribution < 1.29 is 14.3 Å². The van der Waals surface area contributed by atoms with Crippen LogP contribution in [0.2, 0.25) is 5.02 Å². The number of nitrogens with zero attached hydrogens (tertiary/aromatic N) is 1. The number of ether oxygens (including phenoxy) is 2. The van der Waals surface area contributed by atoms with Crippen LogP contribution < -0.4 is 9.47 Å². The van der Waals surface area contributed by atoms with Crippen LogP contribution in [-0.2, 0) is 4.79 Å². The number of benzene rings is 1. The molecule has 1 aromatic carbocycles. The van der Waals surface area contributed by atoms with Crippen molar-refractivity contribution in [2.75, 3.05) is 20.8 Å². The summed E-state index contributed by atoms with van der Waals surface area (Å²) in [4.78, 5) is 15.1. The van der Waals surface area contributed by atoms with Gasteiger partial charge >= 0.3 is 0 Å². The predicted octanol–water partition coefficient (Wildman–Crippen LogP) is 5.14. The van der Waals surface area contributed by atoms with Crippen molar-refractivity contribution in [3.05, 3.63) is 27.6 Å². The van der Waals surface area contributed by atoms with E-state index in [0.29, 0.717) is 37.9 Å². The summed E-state index contributed by atoms with van der Waals surface area (Å²) in [6.07, 6.45) is 7.95. The van der Waals surface area contributed by atoms with Gasteiger partial charge in [0.1, 0.15) is 4.32 Å². The van der Waals surface area contributed by atoms with E-state index >= 15 is 0 Å². The van der Waals surface area contributed by atoms with Crippen LogP contribution in [0.1, 0.15) is 37.7 Å². The van der Waals surface area contributed by atoms with E-state index in [4.69, 9.17) is 33.3 Å². The average molecular weight is 412 g/mol. The van der Waals surface area contributed by atoms with Gasteiger partial charge in [-0.15, -0.1) is 0 Å². The number of hydrogen-bond acceptors (Lipinski definition) is 5. The summed E-state index contributed by atoms with van der Waals surface area (Å²) in [6, 6.07) is 3.46. The van der Waals surface area contributed by atoms with E-state index in [1.807, 2.05) is 0 Å². The molecule has 1 aliphatic heterocycles. The Kier molecular flexibility index (Phi) is 6.48. The summed E-state index contributed by atoms with van der Waals surface area (Å²) in [5.74, 6) is 1.81. The van der Waals surface area contributed by atoms with Gasteiger partial charge < -0.3 is 9.47 Å². The first-order valence-electron chi connectivity index (χ1n) is 8.70. The fourth-order valence-corrected chi connectivity index (χ4v) is 4.93. The molecule has 1 heterocycles. The highest BCUT2D eigenvalue weighted by Gasteiger charge is 2.32. The van der Waals surface area contributed by atoms with Crippen LogP contribution >= 0.6 is 35.6 Å². The molecule has 0 atom stereocenters. The molecular formula is C19H22ClNO3S2. The van der Waals surface area contributed by atoms with Gasteiger partial charge in [-0.1, -0.05) is 61.3 Å². The average Bonchev–Trinajstić information content (AvgIpc) is 3.23. The molecule has 0 radical (unpaired) electrons. The Labute approximate surface area is 168 Å². The third-order valence-electron chi connectivity index (χ3n) is 4.90. The lowest BCUT2D eigenvalue weighted by molar-refractivity contribution is -0.122. The third-order valence-corrected chi connectivity index (χ3v) is 6.60. The molecular weight excluding hydrogens is 390 g/mol. The summed E-state index contributed by atoms with van der Waals surface area (Å²) >= 11 is 13.1. The number of thiocarbonyl (C=S) groups is 1. The van der Waals surface area contributed by atoms with Crippen molar-refractivity contribution >= 4 is 51.9 Å². The number of carbonyl (C=O) groups is 1. The minimum atomic E-state index is -0.0381. The minimum Gasteiger partial charge on any atom is -0.493 e. The number of hydrogen-bond donors (Lipinski definition) is 0. The fourth-order valence-electron chi connectivity index (χ4n) is 3.43. The van der Waals surface area contributed by atoms with E-state index in [-0.39, 0.29) is 5.91 Å². The summed E-state index contributed by atoms with van der Waals surface area (Å²) < 4.78 is 11.2. The normalized spacial score (nSPS) is 19.7. The molecule has 3 rings (SSSR count). The van der Waals surface area contributed by atoms with Crippen LogP contribution in [0.25, 0.3) is 6.08 Å². The van der Waals surface area contributed by atoms with Crippen molar-refractivity contribution in [2.45, 2.75) is 32.1 Å². The molecule has 4 nitrogen and oxygen atoms in total. The molecule has 0 spiro atoms. The molecule has 26 heavy (non-hydrogen) atoms. The monoisotopic (exact) mass is 411 g/mol. The minimum absolute atomic E-state index is 0.0381. The van der Waals surface area contributed by atoms with Crippen LogP contribution in [0.4, 0.5) is 0 Å². The Morgan fingerprint density at radius 3 is 2.58 bits per heavy atom. The first-order chi connectivity index (χ1) is 12.5. The van der Waals surface area contributed by atoms with Gasteiger partial charge in [-0.2, -0.15) is 0 Å². The van der Waals surface area contributed by atoms with Crippen LogP contribution in [0.3, 0.4) is 0 Å². The largest absolute Gasteiger partial charge is 0.493 e. The van der Waals surface area contributed by atoms with Crippen LogP contribution in [0, 0.1) is 5.92 Å². The molecule has 1 amide bonds. The van der Waals surface area contributed by atoms with Crippen LogP contribution in [0.5, 0.6) is 11.5 Å². The van der Waals surface area contributed by atoms with E-state index in [1.165, 1.54) is 37.4 Å². The predicted molar refractivity (Wildman–Crippen MR) is 111 cm³/mol. The maximum Gasteiger partial charge on any atom is 0.266 e. The Hall–Kier alpha value is -1.24. The number of rotatable bonds is 6. The summed E-state index contributed by atoms with van der Waals surface area (Å²) in [7, 11) is 3.13. The second-order valence-corrected chi connectivity index (χ2v) is 8.58. The molecule has 0 aromatic heterocycles. The quantitative estimate of drug-likeness (QED) is 0.478. The zero-order chi connectivity index (χ0) is 18.7. The standard InChI is InChI=1S/C19H22ClNO3S2/c1-23-15-9-13(14(20)11-16(15)24-2)10-17-18(22)21(19(25)26-17)8-7-12-5-3-4-6-12/h9-12H,3-8H2,1-2H3. The van der Waals surface area contributed by atoms with Crippen LogP contribution in [0.15, 0.2) is 17.0 Å². The van der Waals surface area contributed by atoms with Crippen molar-refractivity contribution in [1.82, 2.24) is 4.90 Å². The molecule has 7 heteroatoms. The Balaban J connectivity index is 1.77. The highest BCUT2D eigenvalue weighted by Crippen LogP contribution is 2.38. The van der Waals surface area contributed by atoms with Crippen molar-refractivity contribution in [3.63, 3.8) is 0 Å². The summed E-state index contributed by atoms with van der Waals surface area (Å²) in [6.45, 7) is 0.701. The van der Waals surface area contributed by atoms with E-state index in [9.17, 15) is 4.79 Å². The third kappa shape index (κ3) is 4.18. The van der Waals surface area contributed by atoms with Crippen molar-refractivity contribution in [2.24, 2.45) is 5.92 Å². The van der Waals surface area contributed by atoms with E-state index in [1.54, 1.807) is 37.3 Å². The van der Waals surface area contributed by atoms with Gasteiger partial charge in [0, 0.05) is 12.6 Å². The molecule has 2 fully saturated rings. The number of amides is 1. The molecule has 0 unspecified atom stereocenters.